The number of alkyl carbamates (subject to hydrolysis) is 1. The van der Waals surface area contributed by atoms with Crippen LogP contribution in [0.15, 0.2) is 0 Å². The molecule has 0 bridgehead atoms. The molecule has 0 aromatic rings. The highest BCUT2D eigenvalue weighted by atomic mass is 16.6. The molecular formula is C11H21N2O3+. The van der Waals surface area contributed by atoms with E-state index in [0.29, 0.717) is 13.0 Å². The van der Waals surface area contributed by atoms with Gasteiger partial charge in [-0.3, -0.25) is 4.90 Å². The van der Waals surface area contributed by atoms with E-state index in [1.807, 2.05) is 27.7 Å². The van der Waals surface area contributed by atoms with Crippen LogP contribution >= 0.6 is 0 Å². The number of rotatable bonds is 4. The molecular weight excluding hydrogens is 208 g/mol. The molecule has 0 aromatic carbocycles. The minimum Gasteiger partial charge on any atom is -0.444 e. The number of amides is 2. The summed E-state index contributed by atoms with van der Waals surface area (Å²) in [6.45, 7) is 8.76. The van der Waals surface area contributed by atoms with Crippen molar-refractivity contribution in [2.75, 3.05) is 13.1 Å². The van der Waals surface area contributed by atoms with Crippen molar-refractivity contribution in [3.63, 3.8) is 0 Å². The van der Waals surface area contributed by atoms with Gasteiger partial charge in [0.25, 0.3) is 0 Å². The average Bonchev–Trinajstić information content (AvgIpc) is 2.73. The summed E-state index contributed by atoms with van der Waals surface area (Å²) in [7, 11) is 0. The van der Waals surface area contributed by atoms with Gasteiger partial charge in [-0.05, 0) is 27.7 Å². The maximum Gasteiger partial charge on any atom is 0.407 e. The molecule has 1 aliphatic heterocycles. The Balaban J connectivity index is 2.13. The highest BCUT2D eigenvalue weighted by Gasteiger charge is 2.52. The number of carbonyl (C=O) groups is 2. The summed E-state index contributed by atoms with van der Waals surface area (Å²) in [5, 5.41) is 2.65. The third kappa shape index (κ3) is 3.81. The number of quaternary nitrogens is 1. The summed E-state index contributed by atoms with van der Waals surface area (Å²) in [5.41, 5.74) is -0.472. The van der Waals surface area contributed by atoms with Gasteiger partial charge < -0.3 is 10.1 Å². The fourth-order valence-corrected chi connectivity index (χ4v) is 1.65. The molecule has 0 aromatic heterocycles. The first-order chi connectivity index (χ1) is 7.35. The van der Waals surface area contributed by atoms with Crippen molar-refractivity contribution in [2.24, 2.45) is 0 Å². The van der Waals surface area contributed by atoms with Crippen LogP contribution in [0.1, 0.15) is 34.1 Å². The van der Waals surface area contributed by atoms with Gasteiger partial charge in [0.2, 0.25) is 6.04 Å². The molecule has 1 heterocycles. The van der Waals surface area contributed by atoms with Crippen LogP contribution in [0.2, 0.25) is 0 Å². The van der Waals surface area contributed by atoms with Gasteiger partial charge in [0, 0.05) is 13.0 Å². The molecule has 0 radical (unpaired) electrons. The van der Waals surface area contributed by atoms with Crippen molar-refractivity contribution in [1.29, 1.82) is 0 Å². The number of nitrogens with one attached hydrogen (secondary N) is 2. The van der Waals surface area contributed by atoms with Crippen LogP contribution in [0.4, 0.5) is 4.79 Å². The van der Waals surface area contributed by atoms with Crippen molar-refractivity contribution in [2.45, 2.75) is 45.8 Å². The minimum atomic E-state index is -0.472. The zero-order valence-corrected chi connectivity index (χ0v) is 10.4. The number of hydrogen-bond acceptors (Lipinski definition) is 3. The van der Waals surface area contributed by atoms with Crippen LogP contribution in [-0.2, 0) is 9.53 Å². The van der Waals surface area contributed by atoms with Gasteiger partial charge >= 0.3 is 12.0 Å². The lowest BCUT2D eigenvalue weighted by Crippen LogP contribution is -2.95. The van der Waals surface area contributed by atoms with Gasteiger partial charge in [0.05, 0.1) is 6.54 Å². The predicted molar refractivity (Wildman–Crippen MR) is 59.2 cm³/mol. The predicted octanol–water partition coefficient (Wildman–Crippen LogP) is -0.285. The Morgan fingerprint density at radius 3 is 2.56 bits per heavy atom. The standard InChI is InChI=1S/C11H20N2O3/c1-5-13-8(9(13)14)6-7-12-10(15)16-11(2,3)4/h8H,5-7H2,1-4H3,(H,12,15)/p+1. The molecule has 16 heavy (non-hydrogen) atoms. The number of hydrogen-bond donors (Lipinski definition) is 2. The van der Waals surface area contributed by atoms with E-state index in [0.717, 1.165) is 11.4 Å². The Kier molecular flexibility index (Phi) is 3.91. The van der Waals surface area contributed by atoms with Crippen molar-refractivity contribution in [3.05, 3.63) is 0 Å². The summed E-state index contributed by atoms with van der Waals surface area (Å²) in [5.74, 6) is 0.258. The Labute approximate surface area is 96.1 Å². The second-order valence-corrected chi connectivity index (χ2v) is 5.01. The molecule has 2 N–H and O–H groups in total. The van der Waals surface area contributed by atoms with Crippen LogP contribution in [0.3, 0.4) is 0 Å². The van der Waals surface area contributed by atoms with Crippen molar-refractivity contribution in [1.82, 2.24) is 5.32 Å². The fraction of sp³-hybridized carbons (Fsp3) is 0.818. The number of carbonyl (C=O) groups excluding carboxylic acids is 2. The minimum absolute atomic E-state index is 0.0833. The second-order valence-electron chi connectivity index (χ2n) is 5.01. The van der Waals surface area contributed by atoms with E-state index in [1.165, 1.54) is 0 Å². The average molecular weight is 229 g/mol. The topological polar surface area (TPSA) is 59.8 Å². The van der Waals surface area contributed by atoms with Gasteiger partial charge in [0.1, 0.15) is 5.60 Å². The molecule has 1 aliphatic rings. The van der Waals surface area contributed by atoms with Crippen molar-refractivity contribution < 1.29 is 19.2 Å². The van der Waals surface area contributed by atoms with Crippen molar-refractivity contribution >= 4 is 12.0 Å². The van der Waals surface area contributed by atoms with Crippen LogP contribution in [-0.4, -0.2) is 36.7 Å². The molecule has 2 atom stereocenters. The fourth-order valence-electron chi connectivity index (χ4n) is 1.65. The van der Waals surface area contributed by atoms with Gasteiger partial charge in [-0.2, -0.15) is 0 Å². The molecule has 2 amide bonds. The van der Waals surface area contributed by atoms with E-state index < -0.39 is 11.7 Å². The molecule has 1 fully saturated rings. The smallest absolute Gasteiger partial charge is 0.407 e. The Bertz CT molecular complexity index is 283. The molecule has 0 saturated carbocycles. The molecule has 1 rings (SSSR count). The largest absolute Gasteiger partial charge is 0.444 e. The lowest BCUT2D eigenvalue weighted by molar-refractivity contribution is -0.732. The second kappa shape index (κ2) is 4.82. The molecule has 1 saturated heterocycles. The number of ether oxygens (including phenoxy) is 1. The maximum atomic E-state index is 11.3. The molecule has 5 heteroatoms. The summed E-state index contributed by atoms with van der Waals surface area (Å²) in [6, 6.07) is 0.0833. The first-order valence-electron chi connectivity index (χ1n) is 5.72. The molecule has 92 valence electrons. The number of likely N-dealkylation sites (N-methyl/N-ethyl adjacent to an activating group) is 1. The van der Waals surface area contributed by atoms with E-state index in [2.05, 4.69) is 5.32 Å². The van der Waals surface area contributed by atoms with Crippen LogP contribution < -0.4 is 10.2 Å². The van der Waals surface area contributed by atoms with E-state index >= 15 is 0 Å². The third-order valence-corrected chi connectivity index (χ3v) is 2.45. The summed E-state index contributed by atoms with van der Waals surface area (Å²) < 4.78 is 5.08. The third-order valence-electron chi connectivity index (χ3n) is 2.45. The van der Waals surface area contributed by atoms with E-state index in [1.54, 1.807) is 0 Å². The van der Waals surface area contributed by atoms with Crippen LogP contribution in [0.5, 0.6) is 0 Å². The zero-order chi connectivity index (χ0) is 12.3. The quantitative estimate of drug-likeness (QED) is 0.652. The first-order valence-corrected chi connectivity index (χ1v) is 5.72. The SMILES string of the molecule is CC[NH+]1C(=O)C1CCNC(=O)OC(C)(C)C. The molecule has 5 nitrogen and oxygen atoms in total. The molecule has 2 unspecified atom stereocenters. The summed E-state index contributed by atoms with van der Waals surface area (Å²) in [6.07, 6.45) is 0.278. The van der Waals surface area contributed by atoms with Gasteiger partial charge in [-0.1, -0.05) is 0 Å². The normalized spacial score (nSPS) is 24.1. The first kappa shape index (κ1) is 13.0. The summed E-state index contributed by atoms with van der Waals surface area (Å²) in [4.78, 5) is 23.4. The van der Waals surface area contributed by atoms with E-state index in [4.69, 9.17) is 4.74 Å². The highest BCUT2D eigenvalue weighted by molar-refractivity contribution is 5.82. The van der Waals surface area contributed by atoms with Gasteiger partial charge in [-0.15, -0.1) is 0 Å². The van der Waals surface area contributed by atoms with E-state index in [-0.39, 0.29) is 11.9 Å². The lowest BCUT2D eigenvalue weighted by atomic mass is 10.2. The van der Waals surface area contributed by atoms with Crippen LogP contribution in [0, 0.1) is 0 Å². The summed E-state index contributed by atoms with van der Waals surface area (Å²) >= 11 is 0. The Morgan fingerprint density at radius 2 is 2.12 bits per heavy atom. The Hall–Kier alpha value is -1.10. The van der Waals surface area contributed by atoms with Crippen LogP contribution in [0.25, 0.3) is 0 Å². The van der Waals surface area contributed by atoms with Crippen molar-refractivity contribution in [3.8, 4) is 0 Å². The lowest BCUT2D eigenvalue weighted by Gasteiger charge is -2.19. The van der Waals surface area contributed by atoms with Gasteiger partial charge in [0.15, 0.2) is 0 Å². The highest BCUT2D eigenvalue weighted by Crippen LogP contribution is 2.06. The monoisotopic (exact) mass is 229 g/mol. The van der Waals surface area contributed by atoms with E-state index in [9.17, 15) is 9.59 Å². The zero-order valence-electron chi connectivity index (χ0n) is 10.4. The van der Waals surface area contributed by atoms with Gasteiger partial charge in [-0.25, -0.2) is 9.59 Å². The molecule has 0 spiro atoms. The maximum absolute atomic E-state index is 11.3. The Morgan fingerprint density at radius 1 is 1.50 bits per heavy atom. The molecule has 0 aliphatic carbocycles.